The number of anilines is 1. The number of aliphatic hydroxyl groups is 1. The number of pyridine rings is 1. The molecular formula is C16H17N2O+. The molecule has 3 nitrogen and oxygen atoms in total. The van der Waals surface area contributed by atoms with Gasteiger partial charge in [-0.25, -0.2) is 4.57 Å². The van der Waals surface area contributed by atoms with Gasteiger partial charge in [0.25, 0.3) is 0 Å². The largest absolute Gasteiger partial charge is 0.391 e. The molecule has 0 saturated carbocycles. The van der Waals surface area contributed by atoms with Crippen LogP contribution in [0.25, 0.3) is 0 Å². The van der Waals surface area contributed by atoms with E-state index < -0.39 is 0 Å². The minimum Gasteiger partial charge on any atom is -0.391 e. The summed E-state index contributed by atoms with van der Waals surface area (Å²) in [5.41, 5.74) is 5.03. The van der Waals surface area contributed by atoms with Crippen molar-refractivity contribution in [3.63, 3.8) is 0 Å². The standard InChI is InChI=1S/C16H17N2O/c19-10-11-5-6-15-16-13(7-8-18(15)9-11)12-3-1-2-4-14(12)17-16/h1-6,9,13,16-17,19H,7-8,10H2/q+1/t13-,16-/m0/s1. The second-order valence-corrected chi connectivity index (χ2v) is 5.42. The predicted octanol–water partition coefficient (Wildman–Crippen LogP) is 2.12. The van der Waals surface area contributed by atoms with Crippen LogP contribution in [0.5, 0.6) is 0 Å². The van der Waals surface area contributed by atoms with Gasteiger partial charge in [0.15, 0.2) is 6.20 Å². The molecule has 1 aromatic heterocycles. The lowest BCUT2D eigenvalue weighted by atomic mass is 9.87. The summed E-state index contributed by atoms with van der Waals surface area (Å²) < 4.78 is 2.28. The topological polar surface area (TPSA) is 36.1 Å². The van der Waals surface area contributed by atoms with Crippen molar-refractivity contribution in [2.24, 2.45) is 0 Å². The van der Waals surface area contributed by atoms with E-state index in [1.807, 2.05) is 6.07 Å². The summed E-state index contributed by atoms with van der Waals surface area (Å²) >= 11 is 0. The number of aromatic nitrogens is 1. The molecule has 0 fully saturated rings. The zero-order valence-electron chi connectivity index (χ0n) is 10.7. The van der Waals surface area contributed by atoms with Crippen LogP contribution in [0.1, 0.15) is 35.2 Å². The lowest BCUT2D eigenvalue weighted by molar-refractivity contribution is -0.711. The smallest absolute Gasteiger partial charge is 0.204 e. The third kappa shape index (κ3) is 1.58. The minimum absolute atomic E-state index is 0.113. The fourth-order valence-electron chi connectivity index (χ4n) is 3.46. The maximum atomic E-state index is 9.24. The first kappa shape index (κ1) is 11.0. The van der Waals surface area contributed by atoms with Crippen molar-refractivity contribution >= 4 is 5.69 Å². The van der Waals surface area contributed by atoms with Gasteiger partial charge < -0.3 is 10.4 Å². The van der Waals surface area contributed by atoms with Gasteiger partial charge in [-0.1, -0.05) is 18.2 Å². The molecule has 96 valence electrons. The number of benzene rings is 1. The van der Waals surface area contributed by atoms with E-state index in [0.717, 1.165) is 18.5 Å². The predicted molar refractivity (Wildman–Crippen MR) is 72.7 cm³/mol. The first-order chi connectivity index (χ1) is 9.36. The molecule has 19 heavy (non-hydrogen) atoms. The van der Waals surface area contributed by atoms with Gasteiger partial charge in [0.05, 0.1) is 6.61 Å². The summed E-state index contributed by atoms with van der Waals surface area (Å²) in [6.07, 6.45) is 3.23. The molecule has 0 unspecified atom stereocenters. The van der Waals surface area contributed by atoms with Crippen molar-refractivity contribution in [1.82, 2.24) is 0 Å². The molecule has 0 saturated heterocycles. The zero-order chi connectivity index (χ0) is 12.8. The number of nitrogens with one attached hydrogen (secondary N) is 1. The zero-order valence-corrected chi connectivity index (χ0v) is 10.7. The monoisotopic (exact) mass is 253 g/mol. The summed E-state index contributed by atoms with van der Waals surface area (Å²) in [7, 11) is 0. The van der Waals surface area contributed by atoms with Crippen LogP contribution in [0.3, 0.4) is 0 Å². The van der Waals surface area contributed by atoms with Crippen LogP contribution in [-0.4, -0.2) is 5.11 Å². The van der Waals surface area contributed by atoms with E-state index in [4.69, 9.17) is 0 Å². The molecule has 1 aromatic carbocycles. The molecule has 0 bridgehead atoms. The van der Waals surface area contributed by atoms with Gasteiger partial charge in [0.1, 0.15) is 12.6 Å². The Morgan fingerprint density at radius 3 is 3.00 bits per heavy atom. The van der Waals surface area contributed by atoms with Gasteiger partial charge in [-0.05, 0) is 17.7 Å². The van der Waals surface area contributed by atoms with Crippen molar-refractivity contribution < 1.29 is 9.67 Å². The second-order valence-electron chi connectivity index (χ2n) is 5.42. The Morgan fingerprint density at radius 1 is 1.21 bits per heavy atom. The summed E-state index contributed by atoms with van der Waals surface area (Å²) in [5, 5.41) is 12.9. The highest BCUT2D eigenvalue weighted by Crippen LogP contribution is 2.46. The number of para-hydroxylation sites is 1. The second kappa shape index (κ2) is 4.07. The number of hydrogen-bond donors (Lipinski definition) is 2. The lowest BCUT2D eigenvalue weighted by Crippen LogP contribution is -2.45. The molecule has 0 radical (unpaired) electrons. The number of fused-ring (bicyclic) bond motifs is 5. The summed E-state index contributed by atoms with van der Waals surface area (Å²) in [6, 6.07) is 13.2. The molecule has 2 aliphatic rings. The summed E-state index contributed by atoms with van der Waals surface area (Å²) in [6.45, 7) is 1.14. The van der Waals surface area contributed by atoms with Crippen molar-refractivity contribution in [2.45, 2.75) is 31.5 Å². The number of rotatable bonds is 1. The highest BCUT2D eigenvalue weighted by molar-refractivity contribution is 5.60. The maximum Gasteiger partial charge on any atom is 0.204 e. The summed E-state index contributed by atoms with van der Waals surface area (Å²) in [5.74, 6) is 0.580. The third-order valence-corrected chi connectivity index (χ3v) is 4.38. The quantitative estimate of drug-likeness (QED) is 0.764. The van der Waals surface area contributed by atoms with Crippen LogP contribution >= 0.6 is 0 Å². The third-order valence-electron chi connectivity index (χ3n) is 4.38. The molecule has 2 aliphatic heterocycles. The number of aliphatic hydroxyl groups excluding tert-OH is 1. The molecule has 2 N–H and O–H groups in total. The van der Waals surface area contributed by atoms with Gasteiger partial charge in [0, 0.05) is 29.7 Å². The molecule has 0 aliphatic carbocycles. The highest BCUT2D eigenvalue weighted by Gasteiger charge is 2.41. The lowest BCUT2D eigenvalue weighted by Gasteiger charge is -2.23. The van der Waals surface area contributed by atoms with Crippen molar-refractivity contribution in [1.29, 1.82) is 0 Å². The molecule has 3 heterocycles. The van der Waals surface area contributed by atoms with Crippen LogP contribution in [-0.2, 0) is 13.2 Å². The normalized spacial score (nSPS) is 23.2. The number of hydrogen-bond acceptors (Lipinski definition) is 2. The average Bonchev–Trinajstić information content (AvgIpc) is 2.85. The van der Waals surface area contributed by atoms with Crippen LogP contribution in [0, 0.1) is 0 Å². The minimum atomic E-state index is 0.113. The molecule has 0 amide bonds. The van der Waals surface area contributed by atoms with Gasteiger partial charge in [-0.15, -0.1) is 0 Å². The van der Waals surface area contributed by atoms with Crippen LogP contribution in [0.2, 0.25) is 0 Å². The van der Waals surface area contributed by atoms with Crippen molar-refractivity contribution in [3.05, 3.63) is 59.4 Å². The fourth-order valence-corrected chi connectivity index (χ4v) is 3.46. The molecular weight excluding hydrogens is 236 g/mol. The first-order valence-corrected chi connectivity index (χ1v) is 6.85. The van der Waals surface area contributed by atoms with Gasteiger partial charge in [-0.2, -0.15) is 0 Å². The van der Waals surface area contributed by atoms with E-state index >= 15 is 0 Å². The maximum absolute atomic E-state index is 9.24. The van der Waals surface area contributed by atoms with Crippen LogP contribution in [0.15, 0.2) is 42.6 Å². The van der Waals surface area contributed by atoms with Gasteiger partial charge >= 0.3 is 0 Å². The van der Waals surface area contributed by atoms with E-state index in [9.17, 15) is 5.11 Å². The number of aryl methyl sites for hydroxylation is 1. The van der Waals surface area contributed by atoms with Crippen molar-refractivity contribution in [3.8, 4) is 0 Å². The van der Waals surface area contributed by atoms with Gasteiger partial charge in [0.2, 0.25) is 5.69 Å². The average molecular weight is 253 g/mol. The Labute approximate surface area is 112 Å². The van der Waals surface area contributed by atoms with E-state index in [-0.39, 0.29) is 6.61 Å². The van der Waals surface area contributed by atoms with E-state index in [2.05, 4.69) is 46.4 Å². The fraction of sp³-hybridized carbons (Fsp3) is 0.312. The Bertz CT molecular complexity index is 638. The van der Waals surface area contributed by atoms with Crippen molar-refractivity contribution in [2.75, 3.05) is 5.32 Å². The van der Waals surface area contributed by atoms with Crippen LogP contribution < -0.4 is 9.88 Å². The van der Waals surface area contributed by atoms with Gasteiger partial charge in [-0.3, -0.25) is 0 Å². The SMILES string of the molecule is OCc1ccc2[n+](c1)CC[C@H]1c3ccccc3N[C@H]21. The van der Waals surface area contributed by atoms with E-state index in [0.29, 0.717) is 12.0 Å². The first-order valence-electron chi connectivity index (χ1n) is 6.85. The number of nitrogens with zero attached hydrogens (tertiary/aromatic N) is 1. The Morgan fingerprint density at radius 2 is 2.11 bits per heavy atom. The molecule has 0 spiro atoms. The van der Waals surface area contributed by atoms with E-state index in [1.165, 1.54) is 16.9 Å². The molecule has 4 rings (SSSR count). The molecule has 3 heteroatoms. The molecule has 2 atom stereocenters. The van der Waals surface area contributed by atoms with E-state index in [1.54, 1.807) is 0 Å². The Balaban J connectivity index is 1.78. The molecule has 2 aromatic rings. The Kier molecular flexibility index (Phi) is 2.35. The summed E-state index contributed by atoms with van der Waals surface area (Å²) in [4.78, 5) is 0. The Hall–Kier alpha value is -1.87. The highest BCUT2D eigenvalue weighted by atomic mass is 16.3. The van der Waals surface area contributed by atoms with Crippen LogP contribution in [0.4, 0.5) is 5.69 Å².